The van der Waals surface area contributed by atoms with Gasteiger partial charge in [0, 0.05) is 43.8 Å². The molecule has 0 bridgehead atoms. The van der Waals surface area contributed by atoms with E-state index >= 15 is 0 Å². The second kappa shape index (κ2) is 7.75. The molecule has 0 aliphatic carbocycles. The van der Waals surface area contributed by atoms with E-state index in [1.807, 2.05) is 49.2 Å². The normalized spacial score (nSPS) is 15.6. The fourth-order valence-electron chi connectivity index (χ4n) is 3.43. The van der Waals surface area contributed by atoms with Crippen molar-refractivity contribution in [1.29, 1.82) is 0 Å². The fourth-order valence-corrected chi connectivity index (χ4v) is 3.43. The molecule has 8 nitrogen and oxygen atoms in total. The Labute approximate surface area is 168 Å². The van der Waals surface area contributed by atoms with E-state index < -0.39 is 0 Å². The van der Waals surface area contributed by atoms with Crippen LogP contribution in [0, 0.1) is 6.92 Å². The zero-order valence-corrected chi connectivity index (χ0v) is 16.3. The minimum Gasteiger partial charge on any atom is -0.335 e. The molecule has 2 N–H and O–H groups in total. The molecule has 1 atom stereocenters. The van der Waals surface area contributed by atoms with Gasteiger partial charge in [-0.1, -0.05) is 12.1 Å². The number of amides is 2. The fraction of sp³-hybridized carbons (Fsp3) is 0.238. The molecule has 3 aromatic rings. The van der Waals surface area contributed by atoms with Gasteiger partial charge in [0.25, 0.3) is 5.91 Å². The second-order valence-electron chi connectivity index (χ2n) is 6.98. The Morgan fingerprint density at radius 1 is 1.21 bits per heavy atom. The number of nitrogens with one attached hydrogen (secondary N) is 2. The van der Waals surface area contributed by atoms with Crippen molar-refractivity contribution in [3.63, 3.8) is 0 Å². The van der Waals surface area contributed by atoms with E-state index in [0.717, 1.165) is 11.3 Å². The van der Waals surface area contributed by atoms with E-state index in [0.29, 0.717) is 30.0 Å². The van der Waals surface area contributed by atoms with Crippen LogP contribution in [0.3, 0.4) is 0 Å². The molecule has 2 amide bonds. The average molecular weight is 390 g/mol. The number of aromatic nitrogens is 3. The highest BCUT2D eigenvalue weighted by Gasteiger charge is 2.30. The Kier molecular flexibility index (Phi) is 4.99. The number of anilines is 2. The van der Waals surface area contributed by atoms with Crippen LogP contribution in [-0.2, 0) is 11.3 Å². The largest absolute Gasteiger partial charge is 0.335 e. The molecular weight excluding hydrogens is 368 g/mol. The lowest BCUT2D eigenvalue weighted by atomic mass is 10.1. The molecule has 0 unspecified atom stereocenters. The minimum atomic E-state index is -0.367. The predicted molar refractivity (Wildman–Crippen MR) is 109 cm³/mol. The molecule has 0 radical (unpaired) electrons. The number of benzene rings is 1. The van der Waals surface area contributed by atoms with Crippen molar-refractivity contribution in [2.75, 3.05) is 17.3 Å². The summed E-state index contributed by atoms with van der Waals surface area (Å²) in [5.74, 6) is 0.371. The summed E-state index contributed by atoms with van der Waals surface area (Å²) in [7, 11) is 1.88. The molecule has 4 rings (SSSR count). The smallest absolute Gasteiger partial charge is 0.256 e. The van der Waals surface area contributed by atoms with Gasteiger partial charge in [-0.2, -0.15) is 5.10 Å². The molecule has 8 heteroatoms. The maximum absolute atomic E-state index is 12.4. The van der Waals surface area contributed by atoms with Crippen LogP contribution in [0.4, 0.5) is 11.5 Å². The first kappa shape index (κ1) is 18.7. The Bertz CT molecular complexity index is 1060. The minimum absolute atomic E-state index is 0.0925. The summed E-state index contributed by atoms with van der Waals surface area (Å²) in [6, 6.07) is 12.9. The molecule has 0 saturated heterocycles. The van der Waals surface area contributed by atoms with Crippen LogP contribution in [-0.4, -0.2) is 33.6 Å². The SMILES string of the molecule is Cc1ccnn1CCC(=O)Nc1cccc([C@H]2NC(=O)c3cccnc3N2C)c1. The van der Waals surface area contributed by atoms with Crippen LogP contribution in [0.15, 0.2) is 54.9 Å². The van der Waals surface area contributed by atoms with Gasteiger partial charge >= 0.3 is 0 Å². The van der Waals surface area contributed by atoms with Crippen LogP contribution in [0.5, 0.6) is 0 Å². The van der Waals surface area contributed by atoms with Gasteiger partial charge < -0.3 is 15.5 Å². The summed E-state index contributed by atoms with van der Waals surface area (Å²) >= 11 is 0. The van der Waals surface area contributed by atoms with Crippen molar-refractivity contribution in [1.82, 2.24) is 20.1 Å². The van der Waals surface area contributed by atoms with Crippen LogP contribution < -0.4 is 15.5 Å². The summed E-state index contributed by atoms with van der Waals surface area (Å²) in [5, 5.41) is 10.1. The molecule has 1 aliphatic heterocycles. The molecule has 29 heavy (non-hydrogen) atoms. The number of hydrogen-bond acceptors (Lipinski definition) is 5. The number of fused-ring (bicyclic) bond motifs is 1. The monoisotopic (exact) mass is 390 g/mol. The highest BCUT2D eigenvalue weighted by Crippen LogP contribution is 2.30. The van der Waals surface area contributed by atoms with Gasteiger partial charge in [-0.05, 0) is 42.8 Å². The van der Waals surface area contributed by atoms with Gasteiger partial charge in [-0.25, -0.2) is 4.98 Å². The lowest BCUT2D eigenvalue weighted by Crippen LogP contribution is -2.45. The van der Waals surface area contributed by atoms with Crippen LogP contribution in [0.1, 0.15) is 34.2 Å². The summed E-state index contributed by atoms with van der Waals surface area (Å²) in [5.41, 5.74) is 3.10. The maximum Gasteiger partial charge on any atom is 0.256 e. The van der Waals surface area contributed by atoms with Gasteiger partial charge in [0.15, 0.2) is 0 Å². The molecule has 1 aliphatic rings. The van der Waals surface area contributed by atoms with Crippen molar-refractivity contribution in [2.24, 2.45) is 0 Å². The van der Waals surface area contributed by atoms with Gasteiger partial charge in [0.1, 0.15) is 12.0 Å². The number of rotatable bonds is 5. The summed E-state index contributed by atoms with van der Waals surface area (Å²) < 4.78 is 1.80. The number of pyridine rings is 1. The van der Waals surface area contributed by atoms with E-state index in [9.17, 15) is 9.59 Å². The molecule has 0 fully saturated rings. The van der Waals surface area contributed by atoms with Crippen LogP contribution >= 0.6 is 0 Å². The maximum atomic E-state index is 12.4. The molecule has 1 aromatic carbocycles. The van der Waals surface area contributed by atoms with Crippen molar-refractivity contribution in [3.8, 4) is 0 Å². The van der Waals surface area contributed by atoms with Crippen LogP contribution in [0.2, 0.25) is 0 Å². The topological polar surface area (TPSA) is 92.2 Å². The average Bonchev–Trinajstić information content (AvgIpc) is 3.14. The zero-order valence-electron chi connectivity index (χ0n) is 16.3. The summed E-state index contributed by atoms with van der Waals surface area (Å²) in [4.78, 5) is 31.0. The lowest BCUT2D eigenvalue weighted by molar-refractivity contribution is -0.116. The molecular formula is C21H22N6O2. The van der Waals surface area contributed by atoms with Gasteiger partial charge in [0.2, 0.25) is 5.91 Å². The number of aryl methyl sites for hydroxylation is 2. The highest BCUT2D eigenvalue weighted by atomic mass is 16.2. The van der Waals surface area contributed by atoms with Crippen molar-refractivity contribution in [3.05, 3.63) is 71.7 Å². The summed E-state index contributed by atoms with van der Waals surface area (Å²) in [6.07, 6.45) is 3.35. The van der Waals surface area contributed by atoms with E-state index in [-0.39, 0.29) is 18.0 Å². The van der Waals surface area contributed by atoms with Gasteiger partial charge in [-0.3, -0.25) is 14.3 Å². The molecule has 2 aromatic heterocycles. The van der Waals surface area contributed by atoms with E-state index in [4.69, 9.17) is 0 Å². The number of carbonyl (C=O) groups is 2. The predicted octanol–water partition coefficient (Wildman–Crippen LogP) is 2.49. The Balaban J connectivity index is 1.47. The van der Waals surface area contributed by atoms with E-state index in [1.165, 1.54) is 0 Å². The molecule has 148 valence electrons. The Morgan fingerprint density at radius 2 is 2.07 bits per heavy atom. The van der Waals surface area contributed by atoms with Crippen molar-refractivity contribution in [2.45, 2.75) is 26.1 Å². The van der Waals surface area contributed by atoms with E-state index in [2.05, 4.69) is 20.7 Å². The van der Waals surface area contributed by atoms with E-state index in [1.54, 1.807) is 29.2 Å². The third kappa shape index (κ3) is 3.82. The van der Waals surface area contributed by atoms with Crippen molar-refractivity contribution < 1.29 is 9.59 Å². The first-order valence-corrected chi connectivity index (χ1v) is 9.40. The quantitative estimate of drug-likeness (QED) is 0.698. The first-order chi connectivity index (χ1) is 14.0. The molecule has 0 saturated carbocycles. The van der Waals surface area contributed by atoms with Crippen LogP contribution in [0.25, 0.3) is 0 Å². The van der Waals surface area contributed by atoms with Crippen molar-refractivity contribution >= 4 is 23.3 Å². The number of hydrogen-bond donors (Lipinski definition) is 2. The Morgan fingerprint density at radius 3 is 2.86 bits per heavy atom. The summed E-state index contributed by atoms with van der Waals surface area (Å²) in [6.45, 7) is 2.48. The molecule has 0 spiro atoms. The molecule has 3 heterocycles. The number of nitrogens with zero attached hydrogens (tertiary/aromatic N) is 4. The third-order valence-corrected chi connectivity index (χ3v) is 4.99. The standard InChI is InChI=1S/C21H22N6O2/c1-14-8-11-23-27(14)12-9-18(28)24-16-6-3-5-15(13-16)19-25-21(29)17-7-4-10-22-20(17)26(19)2/h3-8,10-11,13,19H,9,12H2,1-2H3,(H,24,28)(H,25,29)/t19-/m0/s1. The number of carbonyl (C=O) groups excluding carboxylic acids is 2. The second-order valence-corrected chi connectivity index (χ2v) is 6.98. The zero-order chi connectivity index (χ0) is 20.4. The Hall–Kier alpha value is -3.68. The lowest BCUT2D eigenvalue weighted by Gasteiger charge is -2.35. The highest BCUT2D eigenvalue weighted by molar-refractivity contribution is 6.01. The van der Waals surface area contributed by atoms with Gasteiger partial charge in [0.05, 0.1) is 5.56 Å². The first-order valence-electron chi connectivity index (χ1n) is 9.40. The van der Waals surface area contributed by atoms with Gasteiger partial charge in [-0.15, -0.1) is 0 Å². The third-order valence-electron chi connectivity index (χ3n) is 4.99.